The number of hydrogen-bond donors (Lipinski definition) is 7. The number of methoxy groups -OCH3 is 1. The van der Waals surface area contributed by atoms with Crippen LogP contribution in [-0.4, -0.2) is 104 Å². The molecule has 2 aliphatic heterocycles. The van der Waals surface area contributed by atoms with E-state index < -0.39 is 88.7 Å². The van der Waals surface area contributed by atoms with Crippen molar-refractivity contribution < 1.29 is 52.5 Å². The van der Waals surface area contributed by atoms with Crippen molar-refractivity contribution in [1.82, 2.24) is 31.9 Å². The average Bonchev–Trinajstić information content (AvgIpc) is 4.09. The largest absolute Gasteiger partial charge is 0.495 e. The Labute approximate surface area is 410 Å². The van der Waals surface area contributed by atoms with Crippen LogP contribution in [0.5, 0.6) is 5.75 Å². The minimum Gasteiger partial charge on any atom is -0.495 e. The third-order valence-electron chi connectivity index (χ3n) is 12.4. The molecule has 0 saturated carbocycles. The summed E-state index contributed by atoms with van der Waals surface area (Å²) >= 11 is 6.39. The monoisotopic (exact) mass is 981 g/mol. The Balaban J connectivity index is 1.42. The first-order valence-corrected chi connectivity index (χ1v) is 23.8. The maximum atomic E-state index is 14.1. The van der Waals surface area contributed by atoms with Crippen molar-refractivity contribution in [3.63, 3.8) is 0 Å². The van der Waals surface area contributed by atoms with Gasteiger partial charge in [-0.25, -0.2) is 9.59 Å². The fourth-order valence-corrected chi connectivity index (χ4v) is 7.72. The van der Waals surface area contributed by atoms with E-state index in [4.69, 9.17) is 36.3 Å². The second-order valence-electron chi connectivity index (χ2n) is 20.0. The van der Waals surface area contributed by atoms with Crippen LogP contribution in [0.1, 0.15) is 105 Å². The summed E-state index contributed by atoms with van der Waals surface area (Å²) in [5, 5.41) is 16.8. The Bertz CT molecular complexity index is 2180. The number of halogens is 1. The molecule has 0 aliphatic carbocycles. The Hall–Kier alpha value is -5.72. The molecule has 8 N–H and O–H groups in total. The number of amides is 6. The minimum atomic E-state index is -1.21. The highest BCUT2D eigenvalue weighted by Crippen LogP contribution is 2.45. The highest BCUT2D eigenvalue weighted by atomic mass is 35.5. The molecule has 9 atom stereocenters. The van der Waals surface area contributed by atoms with Crippen molar-refractivity contribution in [1.29, 1.82) is 0 Å². The van der Waals surface area contributed by atoms with Gasteiger partial charge in [0, 0.05) is 37.9 Å². The molecule has 69 heavy (non-hydrogen) atoms. The van der Waals surface area contributed by atoms with Crippen molar-refractivity contribution in [2.24, 2.45) is 28.4 Å². The molecular weight excluding hydrogens is 910 g/mol. The summed E-state index contributed by atoms with van der Waals surface area (Å²) in [7, 11) is 1.49. The van der Waals surface area contributed by atoms with E-state index in [1.54, 1.807) is 64.1 Å². The van der Waals surface area contributed by atoms with Gasteiger partial charge in [0.25, 0.3) is 0 Å². The van der Waals surface area contributed by atoms with Gasteiger partial charge in [0.2, 0.25) is 29.5 Å². The predicted octanol–water partition coefficient (Wildman–Crippen LogP) is 4.31. The van der Waals surface area contributed by atoms with Crippen LogP contribution in [-0.2, 0) is 56.0 Å². The highest BCUT2D eigenvalue weighted by Gasteiger charge is 2.48. The number of rotatable bonds is 16. The third-order valence-corrected chi connectivity index (χ3v) is 12.7. The van der Waals surface area contributed by atoms with Crippen LogP contribution >= 0.6 is 11.6 Å². The minimum absolute atomic E-state index is 0.0233. The van der Waals surface area contributed by atoms with Crippen molar-refractivity contribution in [2.45, 2.75) is 144 Å². The summed E-state index contributed by atoms with van der Waals surface area (Å²) in [6.07, 6.45) is 1.17. The van der Waals surface area contributed by atoms with E-state index in [0.29, 0.717) is 21.9 Å². The molecule has 4 rings (SSSR count). The standard InChI is InChI=1S/C50H72ClN7O11/c1-27(2)40(52)45(62)55-29(4)43(60)53-21-22-54-48(65)67-26-31-15-18-33(19-16-31)42-41(69-42)28(3)37-13-12-14-39(59)57-35(24-32-17-20-38(66-11)34(51)23-32)44(61)56-30(5)50(9,10)47(64)58-36(46(63)68-37)25-49(6,7)8/h12,14-20,23,27-30,35-37,40-42H,13,21-22,24-26,52H2,1-11H3,(H,53,60)(H,54,65)(H,55,62)(H,56,61)(H,57,59)(H,58,64)/b14-12-/t28-,29-,30-,35+,36-,37-,40-,41+,42+/m0/s1. The van der Waals surface area contributed by atoms with Gasteiger partial charge in [0.1, 0.15) is 42.7 Å². The van der Waals surface area contributed by atoms with Crippen LogP contribution in [0.2, 0.25) is 5.02 Å². The normalized spacial score (nSPS) is 24.0. The van der Waals surface area contributed by atoms with Crippen LogP contribution in [0.4, 0.5) is 4.79 Å². The van der Waals surface area contributed by atoms with Crippen LogP contribution < -0.4 is 42.4 Å². The summed E-state index contributed by atoms with van der Waals surface area (Å²) in [5.41, 5.74) is 6.46. The average molecular weight is 983 g/mol. The molecule has 2 aromatic carbocycles. The molecule has 0 unspecified atom stereocenters. The van der Waals surface area contributed by atoms with Gasteiger partial charge in [0.15, 0.2) is 0 Å². The van der Waals surface area contributed by atoms with E-state index in [-0.39, 0.29) is 63.0 Å². The zero-order valence-corrected chi connectivity index (χ0v) is 42.4. The number of cyclic esters (lactones) is 1. The zero-order valence-electron chi connectivity index (χ0n) is 41.7. The van der Waals surface area contributed by atoms with E-state index in [2.05, 4.69) is 31.9 Å². The quantitative estimate of drug-likeness (QED) is 0.0706. The zero-order chi connectivity index (χ0) is 51.4. The first-order chi connectivity index (χ1) is 32.3. The molecule has 6 amide bonds. The first kappa shape index (κ1) is 55.9. The summed E-state index contributed by atoms with van der Waals surface area (Å²) in [5.74, 6) is -3.02. The molecule has 2 aromatic rings. The van der Waals surface area contributed by atoms with Gasteiger partial charge in [0.05, 0.1) is 29.7 Å². The van der Waals surface area contributed by atoms with Gasteiger partial charge < -0.3 is 56.6 Å². The number of carbonyl (C=O) groups is 7. The molecule has 18 nitrogen and oxygen atoms in total. The van der Waals surface area contributed by atoms with Crippen LogP contribution in [0.25, 0.3) is 0 Å². The molecule has 0 spiro atoms. The van der Waals surface area contributed by atoms with Crippen molar-refractivity contribution >= 4 is 53.2 Å². The van der Waals surface area contributed by atoms with E-state index in [1.165, 1.54) is 13.2 Å². The van der Waals surface area contributed by atoms with Gasteiger partial charge in [-0.1, -0.05) is 89.6 Å². The number of nitrogens with two attached hydrogens (primary N) is 1. The lowest BCUT2D eigenvalue weighted by atomic mass is 9.82. The van der Waals surface area contributed by atoms with Crippen molar-refractivity contribution in [2.75, 3.05) is 20.2 Å². The lowest BCUT2D eigenvalue weighted by Gasteiger charge is -2.35. The number of ether oxygens (including phenoxy) is 4. The smallest absolute Gasteiger partial charge is 0.407 e. The Morgan fingerprint density at radius 3 is 2.19 bits per heavy atom. The summed E-state index contributed by atoms with van der Waals surface area (Å²) in [6, 6.07) is 8.07. The Kier molecular flexibility index (Phi) is 20.0. The number of epoxide rings is 1. The molecule has 1 fully saturated rings. The van der Waals surface area contributed by atoms with Gasteiger partial charge in [-0.15, -0.1) is 0 Å². The van der Waals surface area contributed by atoms with Crippen LogP contribution in [0.3, 0.4) is 0 Å². The molecule has 0 aromatic heterocycles. The number of benzene rings is 2. The number of hydrogen-bond acceptors (Lipinski definition) is 12. The molecule has 2 heterocycles. The number of esters is 1. The van der Waals surface area contributed by atoms with E-state index in [1.807, 2.05) is 53.7 Å². The Morgan fingerprint density at radius 2 is 1.57 bits per heavy atom. The maximum Gasteiger partial charge on any atom is 0.407 e. The molecule has 1 saturated heterocycles. The third kappa shape index (κ3) is 16.7. The topological polar surface area (TPSA) is 258 Å². The lowest BCUT2D eigenvalue weighted by Crippen LogP contribution is -2.58. The van der Waals surface area contributed by atoms with Crippen molar-refractivity contribution in [3.05, 3.63) is 76.3 Å². The summed E-state index contributed by atoms with van der Waals surface area (Å²) in [6.45, 7) is 18.1. The SMILES string of the molecule is COc1ccc(C[C@H]2NC(=O)/C=C\C[C@@H]([C@H](C)[C@H]3O[C@@H]3c3ccc(COC(=O)NCCNC(=O)[C@H](C)NC(=O)[C@@H](N)C(C)C)cc3)OC(=O)[C@H](CC(C)(C)C)NC(=O)C(C)(C)[C@H](C)NC2=O)cc1Cl. The van der Waals surface area contributed by atoms with Crippen LogP contribution in [0, 0.1) is 22.7 Å². The van der Waals surface area contributed by atoms with Crippen LogP contribution in [0.15, 0.2) is 54.6 Å². The molecule has 0 radical (unpaired) electrons. The predicted molar refractivity (Wildman–Crippen MR) is 259 cm³/mol. The number of alkyl carbamates (subject to hydrolysis) is 1. The van der Waals surface area contributed by atoms with Gasteiger partial charge >= 0.3 is 12.1 Å². The second kappa shape index (κ2) is 24.7. The summed E-state index contributed by atoms with van der Waals surface area (Å²) < 4.78 is 23.0. The highest BCUT2D eigenvalue weighted by molar-refractivity contribution is 6.32. The fourth-order valence-electron chi connectivity index (χ4n) is 7.44. The van der Waals surface area contributed by atoms with Gasteiger partial charge in [-0.2, -0.15) is 0 Å². The molecule has 380 valence electrons. The second-order valence-corrected chi connectivity index (χ2v) is 20.4. The fraction of sp³-hybridized carbons (Fsp3) is 0.580. The maximum absolute atomic E-state index is 14.1. The van der Waals surface area contributed by atoms with E-state index in [0.717, 1.165) is 5.56 Å². The van der Waals surface area contributed by atoms with Gasteiger partial charge in [-0.05, 0) is 80.3 Å². The number of nitrogens with one attached hydrogen (secondary N) is 6. The van der Waals surface area contributed by atoms with E-state index >= 15 is 0 Å². The summed E-state index contributed by atoms with van der Waals surface area (Å²) in [4.78, 5) is 92.4. The van der Waals surface area contributed by atoms with Gasteiger partial charge in [-0.3, -0.25) is 24.0 Å². The molecule has 19 heteroatoms. The first-order valence-electron chi connectivity index (χ1n) is 23.4. The lowest BCUT2D eigenvalue weighted by molar-refractivity contribution is -0.157. The molecule has 2 aliphatic rings. The molecular formula is C50H72ClN7O11. The number of carbonyl (C=O) groups excluding carboxylic acids is 7. The molecule has 0 bridgehead atoms. The van der Waals surface area contributed by atoms with E-state index in [9.17, 15) is 33.6 Å². The Morgan fingerprint density at radius 1 is 0.913 bits per heavy atom. The van der Waals surface area contributed by atoms with Crippen molar-refractivity contribution in [3.8, 4) is 5.75 Å².